The fourth-order valence-electron chi connectivity index (χ4n) is 1.74. The van der Waals surface area contributed by atoms with E-state index in [0.29, 0.717) is 12.8 Å². The molecule has 1 fully saturated rings. The van der Waals surface area contributed by atoms with Crippen LogP contribution in [0.25, 0.3) is 0 Å². The Morgan fingerprint density at radius 1 is 1.27 bits per heavy atom. The van der Waals surface area contributed by atoms with Gasteiger partial charge < -0.3 is 10.4 Å². The molecule has 15 heavy (non-hydrogen) atoms. The van der Waals surface area contributed by atoms with Gasteiger partial charge in [-0.3, -0.25) is 9.59 Å². The number of amides is 1. The van der Waals surface area contributed by atoms with Gasteiger partial charge in [-0.1, -0.05) is 20.8 Å². The van der Waals surface area contributed by atoms with Crippen LogP contribution in [0.3, 0.4) is 0 Å². The summed E-state index contributed by atoms with van der Waals surface area (Å²) in [4.78, 5) is 22.4. The Morgan fingerprint density at radius 2 is 1.87 bits per heavy atom. The van der Waals surface area contributed by atoms with Crippen molar-refractivity contribution < 1.29 is 14.7 Å². The third-order valence-corrected chi connectivity index (χ3v) is 2.80. The monoisotopic (exact) mass is 213 g/mol. The van der Waals surface area contributed by atoms with Gasteiger partial charge in [0.1, 0.15) is 0 Å². The molecule has 0 radical (unpaired) electrons. The minimum Gasteiger partial charge on any atom is -0.481 e. The lowest BCUT2D eigenvalue weighted by atomic mass is 9.95. The van der Waals surface area contributed by atoms with E-state index in [1.807, 2.05) is 20.8 Å². The Labute approximate surface area is 90.0 Å². The van der Waals surface area contributed by atoms with Gasteiger partial charge in [-0.2, -0.15) is 0 Å². The van der Waals surface area contributed by atoms with E-state index in [1.165, 1.54) is 0 Å². The van der Waals surface area contributed by atoms with Crippen LogP contribution in [0.5, 0.6) is 0 Å². The average molecular weight is 213 g/mol. The summed E-state index contributed by atoms with van der Waals surface area (Å²) in [7, 11) is 0. The Balaban J connectivity index is 2.43. The lowest BCUT2D eigenvalue weighted by Gasteiger charge is -2.21. The molecule has 0 spiro atoms. The van der Waals surface area contributed by atoms with Crippen molar-refractivity contribution in [2.75, 3.05) is 0 Å². The van der Waals surface area contributed by atoms with E-state index < -0.39 is 11.4 Å². The highest BCUT2D eigenvalue weighted by Crippen LogP contribution is 2.26. The van der Waals surface area contributed by atoms with Gasteiger partial charge in [-0.15, -0.1) is 0 Å². The summed E-state index contributed by atoms with van der Waals surface area (Å²) in [5.74, 6) is -1.03. The molecule has 0 aromatic heterocycles. The molecule has 1 rings (SSSR count). The predicted molar refractivity (Wildman–Crippen MR) is 56.4 cm³/mol. The Bertz CT molecular complexity index is 267. The quantitative estimate of drug-likeness (QED) is 0.728. The van der Waals surface area contributed by atoms with Crippen LogP contribution in [-0.2, 0) is 9.59 Å². The SMILES string of the molecule is CC(C)(C)C(=O)NC1CCC(C(=O)O)C1. The molecular weight excluding hydrogens is 194 g/mol. The highest BCUT2D eigenvalue weighted by molar-refractivity contribution is 5.81. The van der Waals surface area contributed by atoms with Gasteiger partial charge in [-0.05, 0) is 19.3 Å². The first-order chi connectivity index (χ1) is 6.80. The molecule has 1 aliphatic rings. The number of aliphatic carboxylic acids is 1. The second-order valence-corrected chi connectivity index (χ2v) is 5.27. The van der Waals surface area contributed by atoms with E-state index >= 15 is 0 Å². The summed E-state index contributed by atoms with van der Waals surface area (Å²) in [5.41, 5.74) is -0.401. The molecule has 86 valence electrons. The van der Waals surface area contributed by atoms with E-state index in [4.69, 9.17) is 5.11 Å². The van der Waals surface area contributed by atoms with Crippen LogP contribution in [0.4, 0.5) is 0 Å². The van der Waals surface area contributed by atoms with Crippen LogP contribution < -0.4 is 5.32 Å². The number of hydrogen-bond acceptors (Lipinski definition) is 2. The van der Waals surface area contributed by atoms with E-state index in [1.54, 1.807) is 0 Å². The van der Waals surface area contributed by atoms with Crippen LogP contribution in [0, 0.1) is 11.3 Å². The van der Waals surface area contributed by atoms with Crippen LogP contribution >= 0.6 is 0 Å². The number of carboxylic acid groups (broad SMARTS) is 1. The third kappa shape index (κ3) is 3.22. The highest BCUT2D eigenvalue weighted by Gasteiger charge is 2.32. The molecule has 0 saturated heterocycles. The van der Waals surface area contributed by atoms with Gasteiger partial charge in [0.05, 0.1) is 5.92 Å². The summed E-state index contributed by atoms with van der Waals surface area (Å²) in [6, 6.07) is 0.0397. The number of carbonyl (C=O) groups is 2. The second-order valence-electron chi connectivity index (χ2n) is 5.27. The summed E-state index contributed by atoms with van der Waals surface area (Å²) in [5, 5.41) is 11.7. The molecule has 2 atom stereocenters. The number of carbonyl (C=O) groups excluding carboxylic acids is 1. The normalized spacial score (nSPS) is 26.3. The predicted octanol–water partition coefficient (Wildman–Crippen LogP) is 1.40. The van der Waals surface area contributed by atoms with Crippen molar-refractivity contribution in [3.63, 3.8) is 0 Å². The van der Waals surface area contributed by atoms with E-state index in [2.05, 4.69) is 5.32 Å². The van der Waals surface area contributed by atoms with Crippen molar-refractivity contribution >= 4 is 11.9 Å². The molecule has 0 aliphatic heterocycles. The molecule has 1 amide bonds. The molecular formula is C11H19NO3. The number of rotatable bonds is 2. The molecule has 1 saturated carbocycles. The van der Waals surface area contributed by atoms with E-state index in [9.17, 15) is 9.59 Å². The number of hydrogen-bond donors (Lipinski definition) is 2. The number of carboxylic acids is 1. The second kappa shape index (κ2) is 4.21. The first-order valence-electron chi connectivity index (χ1n) is 5.34. The minimum absolute atomic E-state index is 0.00135. The van der Waals surface area contributed by atoms with Crippen molar-refractivity contribution in [1.82, 2.24) is 5.32 Å². The summed E-state index contributed by atoms with van der Waals surface area (Å²) >= 11 is 0. The van der Waals surface area contributed by atoms with Gasteiger partial charge in [0, 0.05) is 11.5 Å². The Morgan fingerprint density at radius 3 is 2.27 bits per heavy atom. The lowest BCUT2D eigenvalue weighted by Crippen LogP contribution is -2.40. The standard InChI is InChI=1S/C11H19NO3/c1-11(2,3)10(15)12-8-5-4-7(6-8)9(13)14/h7-8H,4-6H2,1-3H3,(H,12,15)(H,13,14). The zero-order valence-electron chi connectivity index (χ0n) is 9.54. The fourth-order valence-corrected chi connectivity index (χ4v) is 1.74. The molecule has 2 N–H and O–H groups in total. The van der Waals surface area contributed by atoms with E-state index in [0.717, 1.165) is 6.42 Å². The van der Waals surface area contributed by atoms with Crippen LogP contribution in [0.15, 0.2) is 0 Å². The first-order valence-corrected chi connectivity index (χ1v) is 5.34. The van der Waals surface area contributed by atoms with Crippen molar-refractivity contribution in [1.29, 1.82) is 0 Å². The molecule has 0 heterocycles. The van der Waals surface area contributed by atoms with Crippen LogP contribution in [0.2, 0.25) is 0 Å². The minimum atomic E-state index is -0.748. The Hall–Kier alpha value is -1.06. The summed E-state index contributed by atoms with van der Waals surface area (Å²) in [6.45, 7) is 5.56. The fraction of sp³-hybridized carbons (Fsp3) is 0.818. The molecule has 0 aromatic rings. The molecule has 1 aliphatic carbocycles. The summed E-state index contributed by atoms with van der Waals surface area (Å²) < 4.78 is 0. The maximum absolute atomic E-state index is 11.6. The van der Waals surface area contributed by atoms with Crippen molar-refractivity contribution in [3.05, 3.63) is 0 Å². The van der Waals surface area contributed by atoms with Gasteiger partial charge in [0.25, 0.3) is 0 Å². The lowest BCUT2D eigenvalue weighted by molar-refractivity contribution is -0.141. The van der Waals surface area contributed by atoms with Crippen LogP contribution in [-0.4, -0.2) is 23.0 Å². The van der Waals surface area contributed by atoms with Crippen LogP contribution in [0.1, 0.15) is 40.0 Å². The Kier molecular flexibility index (Phi) is 3.37. The van der Waals surface area contributed by atoms with Gasteiger partial charge in [0.15, 0.2) is 0 Å². The average Bonchev–Trinajstić information content (AvgIpc) is 2.50. The van der Waals surface area contributed by atoms with Crippen molar-refractivity contribution in [2.24, 2.45) is 11.3 Å². The maximum atomic E-state index is 11.6. The largest absolute Gasteiger partial charge is 0.481 e. The van der Waals surface area contributed by atoms with Gasteiger partial charge in [0.2, 0.25) is 5.91 Å². The maximum Gasteiger partial charge on any atom is 0.306 e. The molecule has 2 unspecified atom stereocenters. The highest BCUT2D eigenvalue weighted by atomic mass is 16.4. The zero-order valence-corrected chi connectivity index (χ0v) is 9.54. The van der Waals surface area contributed by atoms with Crippen molar-refractivity contribution in [3.8, 4) is 0 Å². The van der Waals surface area contributed by atoms with E-state index in [-0.39, 0.29) is 17.9 Å². The molecule has 0 aromatic carbocycles. The van der Waals surface area contributed by atoms with Gasteiger partial charge in [-0.25, -0.2) is 0 Å². The first kappa shape index (κ1) is 12.0. The molecule has 0 bridgehead atoms. The smallest absolute Gasteiger partial charge is 0.306 e. The zero-order chi connectivity index (χ0) is 11.6. The summed E-state index contributed by atoms with van der Waals surface area (Å²) in [6.07, 6.45) is 2.01. The third-order valence-electron chi connectivity index (χ3n) is 2.80. The van der Waals surface area contributed by atoms with Crippen molar-refractivity contribution in [2.45, 2.75) is 46.1 Å². The molecule has 4 heteroatoms. The van der Waals surface area contributed by atoms with Gasteiger partial charge >= 0.3 is 5.97 Å². The molecule has 4 nitrogen and oxygen atoms in total. The number of nitrogens with one attached hydrogen (secondary N) is 1. The topological polar surface area (TPSA) is 66.4 Å².